The first-order chi connectivity index (χ1) is 12.1. The van der Waals surface area contributed by atoms with Gasteiger partial charge in [0, 0.05) is 45.3 Å². The SMILES string of the molecule is CCC(CC)C(CNC(=NC)NCCCOCC1CCOC1)N(C)C.I. The van der Waals surface area contributed by atoms with Gasteiger partial charge in [-0.3, -0.25) is 4.99 Å². The molecule has 0 saturated carbocycles. The van der Waals surface area contributed by atoms with Crippen molar-refractivity contribution in [1.29, 1.82) is 0 Å². The fourth-order valence-electron chi connectivity index (χ4n) is 3.37. The summed E-state index contributed by atoms with van der Waals surface area (Å²) in [6, 6.07) is 0.519. The fourth-order valence-corrected chi connectivity index (χ4v) is 3.37. The highest BCUT2D eigenvalue weighted by molar-refractivity contribution is 14.0. The lowest BCUT2D eigenvalue weighted by Crippen LogP contribution is -2.48. The van der Waals surface area contributed by atoms with E-state index in [0.717, 1.165) is 58.3 Å². The first-order valence-electron chi connectivity index (χ1n) is 9.88. The second-order valence-electron chi connectivity index (χ2n) is 7.15. The van der Waals surface area contributed by atoms with E-state index in [0.29, 0.717) is 17.9 Å². The third-order valence-corrected chi connectivity index (χ3v) is 5.09. The maximum Gasteiger partial charge on any atom is 0.191 e. The molecule has 0 aromatic heterocycles. The Bertz CT molecular complexity index is 359. The van der Waals surface area contributed by atoms with Crippen LogP contribution in [0.2, 0.25) is 0 Å². The fraction of sp³-hybridized carbons (Fsp3) is 0.947. The summed E-state index contributed by atoms with van der Waals surface area (Å²) < 4.78 is 11.1. The second-order valence-corrected chi connectivity index (χ2v) is 7.15. The van der Waals surface area contributed by atoms with E-state index in [1.54, 1.807) is 0 Å². The first kappa shape index (κ1) is 25.9. The van der Waals surface area contributed by atoms with Crippen LogP contribution >= 0.6 is 24.0 Å². The Labute approximate surface area is 177 Å². The molecule has 156 valence electrons. The van der Waals surface area contributed by atoms with Gasteiger partial charge in [0.15, 0.2) is 5.96 Å². The van der Waals surface area contributed by atoms with Crippen LogP contribution in [0.15, 0.2) is 4.99 Å². The van der Waals surface area contributed by atoms with Crippen LogP contribution in [0.25, 0.3) is 0 Å². The van der Waals surface area contributed by atoms with E-state index < -0.39 is 0 Å². The van der Waals surface area contributed by atoms with Gasteiger partial charge in [-0.1, -0.05) is 26.7 Å². The Morgan fingerprint density at radius 3 is 2.54 bits per heavy atom. The van der Waals surface area contributed by atoms with Crippen molar-refractivity contribution >= 4 is 29.9 Å². The summed E-state index contributed by atoms with van der Waals surface area (Å²) in [7, 11) is 6.15. The molecule has 0 amide bonds. The topological polar surface area (TPSA) is 58.1 Å². The largest absolute Gasteiger partial charge is 0.381 e. The van der Waals surface area contributed by atoms with Gasteiger partial charge in [-0.2, -0.15) is 0 Å². The molecule has 2 N–H and O–H groups in total. The molecule has 1 fully saturated rings. The van der Waals surface area contributed by atoms with E-state index >= 15 is 0 Å². The van der Waals surface area contributed by atoms with Crippen LogP contribution in [-0.4, -0.2) is 77.6 Å². The van der Waals surface area contributed by atoms with Gasteiger partial charge in [-0.15, -0.1) is 24.0 Å². The molecule has 7 heteroatoms. The molecule has 1 heterocycles. The molecule has 2 atom stereocenters. The number of hydrogen-bond acceptors (Lipinski definition) is 4. The standard InChI is InChI=1S/C19H40N4O2.HI/c1-6-17(7-2)18(23(4)5)13-22-19(20-3)21-10-8-11-24-14-16-9-12-25-15-16;/h16-18H,6-15H2,1-5H3,(H2,20,21,22);1H. The van der Waals surface area contributed by atoms with Crippen molar-refractivity contribution in [3.05, 3.63) is 0 Å². The molecule has 1 aliphatic heterocycles. The van der Waals surface area contributed by atoms with Crippen molar-refractivity contribution in [2.75, 3.05) is 60.7 Å². The molecule has 0 bridgehead atoms. The smallest absolute Gasteiger partial charge is 0.191 e. The minimum atomic E-state index is 0. The highest BCUT2D eigenvalue weighted by Gasteiger charge is 2.20. The lowest BCUT2D eigenvalue weighted by Gasteiger charge is -2.32. The van der Waals surface area contributed by atoms with Gasteiger partial charge in [0.2, 0.25) is 0 Å². The number of hydrogen-bond donors (Lipinski definition) is 2. The van der Waals surface area contributed by atoms with Gasteiger partial charge < -0.3 is 25.0 Å². The molecule has 1 rings (SSSR count). The van der Waals surface area contributed by atoms with Gasteiger partial charge in [0.1, 0.15) is 0 Å². The Morgan fingerprint density at radius 2 is 2.00 bits per heavy atom. The van der Waals surface area contributed by atoms with Crippen LogP contribution in [0.5, 0.6) is 0 Å². The summed E-state index contributed by atoms with van der Waals surface area (Å²) in [6.07, 6.45) is 4.53. The Kier molecular flexibility index (Phi) is 15.8. The van der Waals surface area contributed by atoms with E-state index in [9.17, 15) is 0 Å². The van der Waals surface area contributed by atoms with Gasteiger partial charge in [-0.05, 0) is 32.9 Å². The lowest BCUT2D eigenvalue weighted by molar-refractivity contribution is 0.0888. The Hall–Kier alpha value is -0.120. The van der Waals surface area contributed by atoms with E-state index in [-0.39, 0.29) is 24.0 Å². The average molecular weight is 484 g/mol. The van der Waals surface area contributed by atoms with Crippen molar-refractivity contribution in [2.24, 2.45) is 16.8 Å². The summed E-state index contributed by atoms with van der Waals surface area (Å²) in [6.45, 7) is 9.70. The number of rotatable bonds is 12. The van der Waals surface area contributed by atoms with Crippen molar-refractivity contribution < 1.29 is 9.47 Å². The summed E-state index contributed by atoms with van der Waals surface area (Å²) >= 11 is 0. The van der Waals surface area contributed by atoms with Crippen LogP contribution in [0.4, 0.5) is 0 Å². The highest BCUT2D eigenvalue weighted by Crippen LogP contribution is 2.16. The number of aliphatic imine (C=N–C) groups is 1. The van der Waals surface area contributed by atoms with Gasteiger partial charge in [0.05, 0.1) is 13.2 Å². The minimum Gasteiger partial charge on any atom is -0.381 e. The average Bonchev–Trinajstić information content (AvgIpc) is 3.12. The van der Waals surface area contributed by atoms with Crippen LogP contribution in [0.3, 0.4) is 0 Å². The third-order valence-electron chi connectivity index (χ3n) is 5.09. The molecule has 6 nitrogen and oxygen atoms in total. The molecule has 0 aromatic carbocycles. The first-order valence-corrected chi connectivity index (χ1v) is 9.88. The van der Waals surface area contributed by atoms with E-state index in [2.05, 4.69) is 48.5 Å². The second kappa shape index (κ2) is 15.9. The normalized spacial score (nSPS) is 18.9. The van der Waals surface area contributed by atoms with Crippen LogP contribution < -0.4 is 10.6 Å². The molecule has 0 spiro atoms. The molecule has 0 radical (unpaired) electrons. The summed E-state index contributed by atoms with van der Waals surface area (Å²) in [5.74, 6) is 2.17. The number of nitrogens with zero attached hydrogens (tertiary/aromatic N) is 2. The van der Waals surface area contributed by atoms with Crippen molar-refractivity contribution in [3.8, 4) is 0 Å². The minimum absolute atomic E-state index is 0. The Balaban J connectivity index is 0.00000625. The summed E-state index contributed by atoms with van der Waals surface area (Å²) in [4.78, 5) is 6.65. The third kappa shape index (κ3) is 10.3. The van der Waals surface area contributed by atoms with Crippen molar-refractivity contribution in [3.63, 3.8) is 0 Å². The summed E-state index contributed by atoms with van der Waals surface area (Å²) in [5.41, 5.74) is 0. The quantitative estimate of drug-likeness (QED) is 0.193. The molecule has 1 aliphatic rings. The predicted molar refractivity (Wildman–Crippen MR) is 121 cm³/mol. The number of nitrogens with one attached hydrogen (secondary N) is 2. The van der Waals surface area contributed by atoms with Gasteiger partial charge in [-0.25, -0.2) is 0 Å². The predicted octanol–water partition coefficient (Wildman–Crippen LogP) is 2.58. The molecular weight excluding hydrogens is 443 g/mol. The van der Waals surface area contributed by atoms with E-state index in [1.165, 1.54) is 12.8 Å². The van der Waals surface area contributed by atoms with Crippen LogP contribution in [-0.2, 0) is 9.47 Å². The lowest BCUT2D eigenvalue weighted by atomic mass is 9.93. The molecule has 1 saturated heterocycles. The highest BCUT2D eigenvalue weighted by atomic mass is 127. The maximum atomic E-state index is 5.74. The zero-order chi connectivity index (χ0) is 18.5. The van der Waals surface area contributed by atoms with Gasteiger partial charge >= 0.3 is 0 Å². The molecule has 26 heavy (non-hydrogen) atoms. The number of ether oxygens (including phenoxy) is 2. The number of guanidine groups is 1. The van der Waals surface area contributed by atoms with Crippen LogP contribution in [0, 0.1) is 11.8 Å². The van der Waals surface area contributed by atoms with Crippen molar-refractivity contribution in [2.45, 2.75) is 45.6 Å². The monoisotopic (exact) mass is 484 g/mol. The molecule has 0 aliphatic carbocycles. The number of likely N-dealkylation sites (N-methyl/N-ethyl adjacent to an activating group) is 1. The van der Waals surface area contributed by atoms with Crippen LogP contribution in [0.1, 0.15) is 39.5 Å². The zero-order valence-corrected chi connectivity index (χ0v) is 19.8. The van der Waals surface area contributed by atoms with E-state index in [4.69, 9.17) is 9.47 Å². The molecule has 0 aromatic rings. The zero-order valence-electron chi connectivity index (χ0n) is 17.4. The van der Waals surface area contributed by atoms with E-state index in [1.807, 2.05) is 7.05 Å². The van der Waals surface area contributed by atoms with Crippen molar-refractivity contribution in [1.82, 2.24) is 15.5 Å². The Morgan fingerprint density at radius 1 is 1.27 bits per heavy atom. The van der Waals surface area contributed by atoms with Gasteiger partial charge in [0.25, 0.3) is 0 Å². The maximum absolute atomic E-state index is 5.74. The molecular formula is C19H41IN4O2. The summed E-state index contributed by atoms with van der Waals surface area (Å²) in [5, 5.41) is 6.86. The number of halogens is 1. The molecule has 2 unspecified atom stereocenters.